The first kappa shape index (κ1) is 24.9. The number of phenols is 2. The average molecular weight is 482 g/mol. The van der Waals surface area contributed by atoms with Crippen molar-refractivity contribution in [2.24, 2.45) is 0 Å². The molecule has 0 saturated carbocycles. The second kappa shape index (κ2) is 10.5. The van der Waals surface area contributed by atoms with E-state index in [-0.39, 0.29) is 52.3 Å². The molecule has 4 amide bonds. The van der Waals surface area contributed by atoms with Gasteiger partial charge in [0.1, 0.15) is 11.5 Å². The van der Waals surface area contributed by atoms with Crippen molar-refractivity contribution in [1.29, 1.82) is 0 Å². The number of carbonyl (C=O) groups excluding carboxylic acids is 4. The van der Waals surface area contributed by atoms with Crippen LogP contribution in [0.5, 0.6) is 11.5 Å². The van der Waals surface area contributed by atoms with Gasteiger partial charge in [0.2, 0.25) is 18.0 Å². The largest absolute Gasteiger partial charge is 0.506 e. The highest BCUT2D eigenvalue weighted by molar-refractivity contribution is 5.97. The predicted molar refractivity (Wildman–Crippen MR) is 128 cm³/mol. The third-order valence-electron chi connectivity index (χ3n) is 4.86. The highest BCUT2D eigenvalue weighted by Crippen LogP contribution is 2.28. The molecule has 2 aromatic rings. The van der Waals surface area contributed by atoms with Crippen molar-refractivity contribution in [2.45, 2.75) is 13.8 Å². The molecular formula is C23H26N6O6+2. The van der Waals surface area contributed by atoms with Crippen LogP contribution in [0.15, 0.2) is 48.8 Å². The molecule has 1 aliphatic rings. The maximum absolute atomic E-state index is 12.7. The van der Waals surface area contributed by atoms with Crippen LogP contribution in [0.3, 0.4) is 0 Å². The molecule has 12 nitrogen and oxygen atoms in total. The average Bonchev–Trinajstić information content (AvgIpc) is 3.18. The summed E-state index contributed by atoms with van der Waals surface area (Å²) in [4.78, 5) is 50.6. The monoisotopic (exact) mass is 482 g/mol. The first-order valence-electron chi connectivity index (χ1n) is 10.5. The maximum atomic E-state index is 12.7. The van der Waals surface area contributed by atoms with Gasteiger partial charge in [-0.3, -0.25) is 19.2 Å². The standard InChI is InChI=1S/C23H24N6O6/c1-14(30)25-16-3-5-18(20(32)9-16)27-22(34)11-29(8-7-24-13-29)12-23(35)28-19-6-4-17(10-21(19)33)26-15(2)31/h3-10,13H,11-12H2,1-2H3,(H5-,25,26,27,28,30,31,32,33,34,35)/p+2. The Labute approximate surface area is 200 Å². The zero-order valence-corrected chi connectivity index (χ0v) is 19.1. The number of hydrogen-bond donors (Lipinski definition) is 7. The number of hydrogen-bond acceptors (Lipinski definition) is 6. The molecule has 0 saturated heterocycles. The van der Waals surface area contributed by atoms with Gasteiger partial charge in [-0.1, -0.05) is 0 Å². The number of carbonyl (C=O) groups is 4. The second-order valence-corrected chi connectivity index (χ2v) is 7.95. The minimum Gasteiger partial charge on any atom is -0.506 e. The smallest absolute Gasteiger partial charge is 0.336 e. The zero-order valence-electron chi connectivity index (χ0n) is 19.1. The van der Waals surface area contributed by atoms with Gasteiger partial charge < -0.3 is 31.5 Å². The number of nitrogens with one attached hydrogen (secondary N) is 5. The highest BCUT2D eigenvalue weighted by atomic mass is 16.3. The van der Waals surface area contributed by atoms with E-state index in [4.69, 9.17) is 0 Å². The molecule has 3 rings (SSSR count). The third-order valence-corrected chi connectivity index (χ3v) is 4.86. The Balaban J connectivity index is 1.65. The molecule has 2 aromatic carbocycles. The number of quaternary nitrogens is 1. The lowest BCUT2D eigenvalue weighted by molar-refractivity contribution is -0.770. The van der Waals surface area contributed by atoms with Crippen molar-refractivity contribution in [3.63, 3.8) is 0 Å². The molecule has 0 aromatic heterocycles. The summed E-state index contributed by atoms with van der Waals surface area (Å²) in [5.41, 5.74) is 1.04. The van der Waals surface area contributed by atoms with Gasteiger partial charge in [0.05, 0.1) is 11.4 Å². The van der Waals surface area contributed by atoms with Crippen LogP contribution in [-0.4, -0.2) is 57.8 Å². The van der Waals surface area contributed by atoms with Gasteiger partial charge in [0.25, 0.3) is 11.8 Å². The van der Waals surface area contributed by atoms with E-state index in [1.807, 2.05) is 0 Å². The summed E-state index contributed by atoms with van der Waals surface area (Å²) in [5, 5.41) is 30.6. The van der Waals surface area contributed by atoms with Crippen LogP contribution in [-0.2, 0) is 19.2 Å². The molecule has 7 N–H and O–H groups in total. The summed E-state index contributed by atoms with van der Waals surface area (Å²) < 4.78 is -0.173. The number of amides is 4. The fourth-order valence-electron chi connectivity index (χ4n) is 3.43. The molecule has 1 aliphatic heterocycles. The van der Waals surface area contributed by atoms with Gasteiger partial charge in [0.15, 0.2) is 19.3 Å². The van der Waals surface area contributed by atoms with E-state index in [0.717, 1.165) is 0 Å². The molecule has 0 fully saturated rings. The molecule has 0 unspecified atom stereocenters. The molecule has 0 bridgehead atoms. The zero-order chi connectivity index (χ0) is 25.6. The van der Waals surface area contributed by atoms with Crippen LogP contribution < -0.4 is 26.3 Å². The van der Waals surface area contributed by atoms with E-state index in [1.165, 1.54) is 50.2 Å². The van der Waals surface area contributed by atoms with Crippen molar-refractivity contribution >= 4 is 52.7 Å². The fourth-order valence-corrected chi connectivity index (χ4v) is 3.43. The number of phenolic OH excluding ortho intramolecular Hbond substituents is 2. The molecule has 35 heavy (non-hydrogen) atoms. The van der Waals surface area contributed by atoms with Gasteiger partial charge >= 0.3 is 6.34 Å². The van der Waals surface area contributed by atoms with E-state index in [9.17, 15) is 29.4 Å². The van der Waals surface area contributed by atoms with Crippen LogP contribution in [0.4, 0.5) is 22.7 Å². The Morgan fingerprint density at radius 1 is 0.771 bits per heavy atom. The fraction of sp³-hybridized carbons (Fsp3) is 0.174. The van der Waals surface area contributed by atoms with E-state index in [2.05, 4.69) is 26.3 Å². The maximum Gasteiger partial charge on any atom is 0.336 e. The topological polar surface area (TPSA) is 171 Å². The predicted octanol–water partition coefficient (Wildman–Crippen LogP) is 0.00230. The summed E-state index contributed by atoms with van der Waals surface area (Å²) in [6.45, 7) is 2.33. The Kier molecular flexibility index (Phi) is 7.46. The van der Waals surface area contributed by atoms with Gasteiger partial charge in [-0.25, -0.2) is 0 Å². The summed E-state index contributed by atoms with van der Waals surface area (Å²) in [6.07, 6.45) is 4.76. The number of anilines is 4. The minimum absolute atomic E-state index is 0.145. The van der Waals surface area contributed by atoms with Crippen LogP contribution in [0, 0.1) is 0 Å². The molecule has 0 aliphatic carbocycles. The molecule has 0 spiro atoms. The molecule has 0 atom stereocenters. The Bertz CT molecular complexity index is 1140. The number of nitrogens with zero attached hydrogens (tertiary/aromatic N) is 1. The Morgan fingerprint density at radius 3 is 1.57 bits per heavy atom. The summed E-state index contributed by atoms with van der Waals surface area (Å²) >= 11 is 0. The van der Waals surface area contributed by atoms with Gasteiger partial charge in [-0.05, 0) is 24.3 Å². The van der Waals surface area contributed by atoms with Gasteiger partial charge in [-0.2, -0.15) is 9.48 Å². The lowest BCUT2D eigenvalue weighted by atomic mass is 10.2. The third kappa shape index (κ3) is 6.88. The lowest BCUT2D eigenvalue weighted by Gasteiger charge is -2.23. The van der Waals surface area contributed by atoms with Crippen molar-refractivity contribution < 1.29 is 38.9 Å². The molecular weight excluding hydrogens is 456 g/mol. The SMILES string of the molecule is CC(=O)Nc1ccc(NC(=O)C[N+]2(CC(=O)Nc3ccc(NC(C)=O)cc3O)C=C[NH+]=C2)c(O)c1. The van der Waals surface area contributed by atoms with Crippen molar-refractivity contribution in [1.82, 2.24) is 0 Å². The van der Waals surface area contributed by atoms with Gasteiger partial charge in [-0.15, -0.1) is 0 Å². The van der Waals surface area contributed by atoms with Gasteiger partial charge in [0, 0.05) is 37.4 Å². The van der Waals surface area contributed by atoms with E-state index >= 15 is 0 Å². The normalized spacial score (nSPS) is 13.2. The minimum atomic E-state index is -0.479. The van der Waals surface area contributed by atoms with E-state index < -0.39 is 11.8 Å². The number of rotatable bonds is 8. The van der Waals surface area contributed by atoms with Crippen LogP contribution in [0.1, 0.15) is 13.8 Å². The van der Waals surface area contributed by atoms with E-state index in [0.29, 0.717) is 11.4 Å². The molecule has 1 heterocycles. The lowest BCUT2D eigenvalue weighted by Crippen LogP contribution is -2.64. The molecule has 0 radical (unpaired) electrons. The second-order valence-electron chi connectivity index (χ2n) is 7.95. The molecule has 182 valence electrons. The van der Waals surface area contributed by atoms with Crippen molar-refractivity contribution in [3.8, 4) is 11.5 Å². The summed E-state index contributed by atoms with van der Waals surface area (Å²) in [7, 11) is 0. The van der Waals surface area contributed by atoms with Crippen LogP contribution in [0.2, 0.25) is 0 Å². The van der Waals surface area contributed by atoms with Crippen LogP contribution in [0.25, 0.3) is 0 Å². The van der Waals surface area contributed by atoms with Crippen LogP contribution >= 0.6 is 0 Å². The van der Waals surface area contributed by atoms with Crippen molar-refractivity contribution in [2.75, 3.05) is 34.4 Å². The Hall–Kier alpha value is -4.71. The van der Waals surface area contributed by atoms with Crippen molar-refractivity contribution in [3.05, 3.63) is 48.8 Å². The molecule has 12 heteroatoms. The highest BCUT2D eigenvalue weighted by Gasteiger charge is 2.36. The first-order chi connectivity index (χ1) is 16.5. The number of benzene rings is 2. The summed E-state index contributed by atoms with van der Waals surface area (Å²) in [5.74, 6) is -2.02. The van der Waals surface area contributed by atoms with E-state index in [1.54, 1.807) is 18.7 Å². The quantitative estimate of drug-likeness (QED) is 0.206. The first-order valence-corrected chi connectivity index (χ1v) is 10.5. The number of aromatic hydroxyl groups is 2. The summed E-state index contributed by atoms with van der Waals surface area (Å²) in [6, 6.07) is 8.57. The Morgan fingerprint density at radius 2 is 1.23 bits per heavy atom.